The van der Waals surface area contributed by atoms with E-state index in [1.54, 1.807) is 13.8 Å². The maximum Gasteiger partial charge on any atom is 0.407 e. The van der Waals surface area contributed by atoms with E-state index in [1.165, 1.54) is 6.92 Å². The molecule has 1 aliphatic carbocycles. The summed E-state index contributed by atoms with van der Waals surface area (Å²) >= 11 is 0. The lowest BCUT2D eigenvalue weighted by Gasteiger charge is -2.46. The van der Waals surface area contributed by atoms with Crippen molar-refractivity contribution < 1.29 is 38.1 Å². The highest BCUT2D eigenvalue weighted by Crippen LogP contribution is 2.45. The van der Waals surface area contributed by atoms with E-state index < -0.39 is 18.2 Å². The van der Waals surface area contributed by atoms with Crippen molar-refractivity contribution in [1.82, 2.24) is 10.6 Å². The van der Waals surface area contributed by atoms with Crippen LogP contribution in [0.3, 0.4) is 0 Å². The summed E-state index contributed by atoms with van der Waals surface area (Å²) < 4.78 is 20.1. The van der Waals surface area contributed by atoms with Gasteiger partial charge in [-0.1, -0.05) is 41.2 Å². The summed E-state index contributed by atoms with van der Waals surface area (Å²) in [5.41, 5.74) is -0.0708. The predicted molar refractivity (Wildman–Crippen MR) is 125 cm³/mol. The molecule has 1 aliphatic rings. The summed E-state index contributed by atoms with van der Waals surface area (Å²) in [6.07, 6.45) is 1.07. The smallest absolute Gasteiger partial charge is 0.407 e. The van der Waals surface area contributed by atoms with E-state index in [9.17, 15) is 19.2 Å². The first-order valence-corrected chi connectivity index (χ1v) is 11.6. The Balaban J connectivity index is 2.45. The molecule has 0 radical (unpaired) electrons. The van der Waals surface area contributed by atoms with Crippen molar-refractivity contribution in [2.24, 2.45) is 16.7 Å². The lowest BCUT2D eigenvalue weighted by atomic mass is 9.62. The van der Waals surface area contributed by atoms with Crippen LogP contribution in [0.25, 0.3) is 0 Å². The molecular formula is C24H40N2O8. The Morgan fingerprint density at radius 1 is 0.912 bits per heavy atom. The molecule has 2 N–H and O–H groups in total. The maximum atomic E-state index is 12.2. The molecule has 2 unspecified atom stereocenters. The van der Waals surface area contributed by atoms with Gasteiger partial charge in [-0.3, -0.25) is 4.79 Å². The number of ether oxygens (including phenoxy) is 4. The van der Waals surface area contributed by atoms with Gasteiger partial charge in [-0.2, -0.15) is 0 Å². The first-order valence-electron chi connectivity index (χ1n) is 11.6. The second kappa shape index (κ2) is 13.2. The van der Waals surface area contributed by atoms with Crippen LogP contribution in [0.2, 0.25) is 0 Å². The number of carbonyl (C=O) groups excluding carboxylic acids is 4. The van der Waals surface area contributed by atoms with Gasteiger partial charge in [0.15, 0.2) is 0 Å². The van der Waals surface area contributed by atoms with Gasteiger partial charge in [0.1, 0.15) is 26.4 Å². The van der Waals surface area contributed by atoms with Crippen LogP contribution in [-0.2, 0) is 28.5 Å². The molecule has 0 heterocycles. The highest BCUT2D eigenvalue weighted by molar-refractivity contribution is 5.86. The molecule has 194 valence electrons. The van der Waals surface area contributed by atoms with E-state index in [4.69, 9.17) is 18.9 Å². The number of carbonyl (C=O) groups is 4. The van der Waals surface area contributed by atoms with Gasteiger partial charge in [-0.05, 0) is 37.0 Å². The van der Waals surface area contributed by atoms with Gasteiger partial charge < -0.3 is 29.6 Å². The zero-order chi connectivity index (χ0) is 25.9. The molecular weight excluding hydrogens is 444 g/mol. The minimum Gasteiger partial charge on any atom is -0.462 e. The van der Waals surface area contributed by atoms with Gasteiger partial charge in [-0.15, -0.1) is 0 Å². The number of esters is 2. The second-order valence-electron chi connectivity index (χ2n) is 10.3. The van der Waals surface area contributed by atoms with Crippen LogP contribution in [0.1, 0.15) is 60.8 Å². The Kier molecular flexibility index (Phi) is 11.4. The topological polar surface area (TPSA) is 129 Å². The molecule has 1 saturated carbocycles. The molecule has 10 nitrogen and oxygen atoms in total. The largest absolute Gasteiger partial charge is 0.462 e. The third kappa shape index (κ3) is 11.4. The molecule has 1 fully saturated rings. The monoisotopic (exact) mass is 484 g/mol. The van der Waals surface area contributed by atoms with Crippen molar-refractivity contribution in [2.45, 2.75) is 66.8 Å². The summed E-state index contributed by atoms with van der Waals surface area (Å²) in [7, 11) is 0. The van der Waals surface area contributed by atoms with Gasteiger partial charge >= 0.3 is 24.1 Å². The fraction of sp³-hybridized carbons (Fsp3) is 0.750. The zero-order valence-electron chi connectivity index (χ0n) is 21.3. The van der Waals surface area contributed by atoms with Crippen molar-refractivity contribution in [2.75, 3.05) is 33.0 Å². The molecule has 2 atom stereocenters. The Hall–Kier alpha value is -2.78. The minimum atomic E-state index is -0.585. The van der Waals surface area contributed by atoms with Crippen molar-refractivity contribution in [3.63, 3.8) is 0 Å². The van der Waals surface area contributed by atoms with Crippen LogP contribution < -0.4 is 10.6 Å². The molecule has 0 aromatic heterocycles. The fourth-order valence-electron chi connectivity index (χ4n) is 4.25. The molecule has 34 heavy (non-hydrogen) atoms. The first-order chi connectivity index (χ1) is 15.7. The zero-order valence-corrected chi connectivity index (χ0v) is 21.3. The highest BCUT2D eigenvalue weighted by atomic mass is 16.6. The van der Waals surface area contributed by atoms with E-state index in [2.05, 4.69) is 38.0 Å². The third-order valence-corrected chi connectivity index (χ3v) is 5.36. The Bertz CT molecular complexity index is 749. The maximum absolute atomic E-state index is 12.2. The summed E-state index contributed by atoms with van der Waals surface area (Å²) in [4.78, 5) is 47.0. The van der Waals surface area contributed by atoms with Crippen LogP contribution in [0.15, 0.2) is 12.2 Å². The minimum absolute atomic E-state index is 0.00916. The number of nitrogens with one attached hydrogen (secondary N) is 2. The molecule has 2 amide bonds. The number of rotatable bonds is 11. The van der Waals surface area contributed by atoms with E-state index in [0.717, 1.165) is 12.8 Å². The lowest BCUT2D eigenvalue weighted by Crippen LogP contribution is -2.50. The molecule has 0 saturated heterocycles. The summed E-state index contributed by atoms with van der Waals surface area (Å²) in [6.45, 7) is 15.0. The number of hydrogen-bond donors (Lipinski definition) is 2. The predicted octanol–water partition coefficient (Wildman–Crippen LogP) is 3.34. The van der Waals surface area contributed by atoms with Crippen LogP contribution in [0.5, 0.6) is 0 Å². The standard InChI is InChI=1S/C24H40N2O8/c1-16(2)19(27)31-8-10-33-21(29)25-15-24(7)13-18(12-23(5,6)14-24)26-22(30)34-11-9-32-20(28)17(3)4/h16,18H,3,8-15H2,1-2,4-7H3,(H,25,29)(H,26,30). The van der Waals surface area contributed by atoms with Crippen molar-refractivity contribution in [3.8, 4) is 0 Å². The summed E-state index contributed by atoms with van der Waals surface area (Å²) in [5, 5.41) is 5.65. The average Bonchev–Trinajstić information content (AvgIpc) is 2.70. The lowest BCUT2D eigenvalue weighted by molar-refractivity contribution is -0.148. The number of amides is 2. The summed E-state index contributed by atoms with van der Waals surface area (Å²) in [5.74, 6) is -1.11. The second-order valence-corrected chi connectivity index (χ2v) is 10.3. The Morgan fingerprint density at radius 2 is 1.47 bits per heavy atom. The Morgan fingerprint density at radius 3 is 2.06 bits per heavy atom. The highest BCUT2D eigenvalue weighted by Gasteiger charge is 2.42. The van der Waals surface area contributed by atoms with E-state index in [1.807, 2.05) is 0 Å². The number of hydrogen-bond acceptors (Lipinski definition) is 8. The van der Waals surface area contributed by atoms with E-state index in [-0.39, 0.29) is 60.8 Å². The van der Waals surface area contributed by atoms with Gasteiger partial charge in [0.25, 0.3) is 0 Å². The van der Waals surface area contributed by atoms with Crippen LogP contribution in [-0.4, -0.2) is 63.1 Å². The quantitative estimate of drug-likeness (QED) is 0.198. The molecule has 0 spiro atoms. The molecule has 10 heteroatoms. The van der Waals surface area contributed by atoms with E-state index >= 15 is 0 Å². The average molecular weight is 485 g/mol. The van der Waals surface area contributed by atoms with Gasteiger partial charge in [0.05, 0.1) is 5.92 Å². The fourth-order valence-corrected chi connectivity index (χ4v) is 4.25. The molecule has 0 bridgehead atoms. The van der Waals surface area contributed by atoms with Crippen molar-refractivity contribution >= 4 is 24.1 Å². The summed E-state index contributed by atoms with van der Waals surface area (Å²) in [6, 6.07) is -0.146. The van der Waals surface area contributed by atoms with Gasteiger partial charge in [0.2, 0.25) is 0 Å². The van der Waals surface area contributed by atoms with Crippen LogP contribution in [0.4, 0.5) is 9.59 Å². The first kappa shape index (κ1) is 29.3. The molecule has 1 rings (SSSR count). The number of alkyl carbamates (subject to hydrolysis) is 2. The molecule has 0 aromatic carbocycles. The SMILES string of the molecule is C=C(C)C(=O)OCCOC(=O)NC1CC(C)(C)CC(C)(CNC(=O)OCCOC(=O)C(C)C)C1. The third-order valence-electron chi connectivity index (χ3n) is 5.36. The molecule has 0 aromatic rings. The van der Waals surface area contributed by atoms with E-state index in [0.29, 0.717) is 13.0 Å². The molecule has 0 aliphatic heterocycles. The van der Waals surface area contributed by atoms with Crippen molar-refractivity contribution in [3.05, 3.63) is 12.2 Å². The van der Waals surface area contributed by atoms with Crippen LogP contribution in [0, 0.1) is 16.7 Å². The normalized spacial score (nSPS) is 21.2. The Labute approximate surface area is 202 Å². The van der Waals surface area contributed by atoms with Crippen molar-refractivity contribution in [1.29, 1.82) is 0 Å². The van der Waals surface area contributed by atoms with Crippen LogP contribution >= 0.6 is 0 Å². The van der Waals surface area contributed by atoms with Gasteiger partial charge in [-0.25, -0.2) is 14.4 Å². The van der Waals surface area contributed by atoms with Gasteiger partial charge in [0, 0.05) is 18.2 Å².